The molecule has 9 heteroatoms. The minimum Gasteiger partial charge on any atom is -0.410 e. The average molecular weight is 673 g/mol. The van der Waals surface area contributed by atoms with E-state index in [1.165, 1.54) is 5.56 Å². The topological polar surface area (TPSA) is 98.5 Å². The van der Waals surface area contributed by atoms with Crippen molar-refractivity contribution in [1.29, 1.82) is 0 Å². The molecule has 1 fully saturated rings. The molecule has 3 aromatic carbocycles. The third kappa shape index (κ3) is 8.50. The van der Waals surface area contributed by atoms with E-state index in [-0.39, 0.29) is 23.0 Å². The first-order valence-electron chi connectivity index (χ1n) is 16.5. The van der Waals surface area contributed by atoms with Gasteiger partial charge in [0, 0.05) is 17.4 Å². The van der Waals surface area contributed by atoms with E-state index in [0.717, 1.165) is 77.6 Å². The lowest BCUT2D eigenvalue weighted by atomic mass is 9.90. The van der Waals surface area contributed by atoms with Crippen molar-refractivity contribution in [2.45, 2.75) is 95.9 Å². The van der Waals surface area contributed by atoms with E-state index in [1.807, 2.05) is 6.92 Å². The van der Waals surface area contributed by atoms with Crippen LogP contribution in [0.15, 0.2) is 83.4 Å². The highest BCUT2D eigenvalue weighted by Crippen LogP contribution is 2.51. The molecule has 1 heterocycles. The molecule has 0 bridgehead atoms. The summed E-state index contributed by atoms with van der Waals surface area (Å²) in [6.45, 7) is 13.4. The minimum absolute atomic E-state index is 0.0643. The first kappa shape index (κ1) is 34.8. The van der Waals surface area contributed by atoms with Gasteiger partial charge in [-0.15, -0.1) is 0 Å². The van der Waals surface area contributed by atoms with Gasteiger partial charge in [-0.2, -0.15) is 0 Å². The zero-order valence-electron chi connectivity index (χ0n) is 28.7. The third-order valence-electron chi connectivity index (χ3n) is 9.88. The van der Waals surface area contributed by atoms with Crippen LogP contribution in [0.4, 0.5) is 0 Å². The maximum Gasteiger partial charge on any atom is 0.234 e. The Morgan fingerprint density at radius 2 is 1.53 bits per heavy atom. The number of rotatable bonds is 13. The molecule has 47 heavy (non-hydrogen) atoms. The lowest BCUT2D eigenvalue weighted by molar-refractivity contribution is -0.119. The average Bonchev–Trinajstić information content (AvgIpc) is 3.67. The van der Waals surface area contributed by atoms with Gasteiger partial charge < -0.3 is 8.95 Å². The highest BCUT2D eigenvalue weighted by atomic mass is 32.2. The van der Waals surface area contributed by atoms with Crippen LogP contribution >= 0.6 is 0 Å². The van der Waals surface area contributed by atoms with E-state index in [2.05, 4.69) is 123 Å². The molecule has 1 atom stereocenters. The SMILES string of the molecule is Cc1noc(-c2ccc(-c3ccc(C4(CC(=O)NS(C)(=O)=O)CC4)cc3)cc2)c1C(CCCc1ccccc1)O[Si](C)(C)C(C)(C)C. The minimum atomic E-state index is -3.57. The van der Waals surface area contributed by atoms with Crippen LogP contribution in [0.5, 0.6) is 0 Å². The Balaban J connectivity index is 1.35. The number of hydrogen-bond acceptors (Lipinski definition) is 6. The van der Waals surface area contributed by atoms with Crippen molar-refractivity contribution in [3.8, 4) is 22.5 Å². The second-order valence-electron chi connectivity index (χ2n) is 14.7. The highest BCUT2D eigenvalue weighted by molar-refractivity contribution is 7.89. The van der Waals surface area contributed by atoms with Crippen molar-refractivity contribution in [1.82, 2.24) is 9.88 Å². The lowest BCUT2D eigenvalue weighted by Crippen LogP contribution is -2.42. The first-order valence-corrected chi connectivity index (χ1v) is 21.3. The molecule has 1 unspecified atom stereocenters. The number of aromatic nitrogens is 1. The van der Waals surface area contributed by atoms with Crippen molar-refractivity contribution in [2.75, 3.05) is 6.26 Å². The molecule has 250 valence electrons. The highest BCUT2D eigenvalue weighted by Gasteiger charge is 2.46. The molecule has 1 saturated carbocycles. The molecule has 1 amide bonds. The number of nitrogens with one attached hydrogen (secondary N) is 1. The van der Waals surface area contributed by atoms with Crippen molar-refractivity contribution in [3.63, 3.8) is 0 Å². The molecule has 4 aromatic rings. The van der Waals surface area contributed by atoms with Crippen LogP contribution in [0.2, 0.25) is 18.1 Å². The fraction of sp³-hybridized carbons (Fsp3) is 0.421. The molecule has 1 N–H and O–H groups in total. The zero-order chi connectivity index (χ0) is 34.0. The Labute approximate surface area is 281 Å². The summed E-state index contributed by atoms with van der Waals surface area (Å²) < 4.78 is 38.2. The Hall–Kier alpha value is -3.53. The molecular formula is C38H48N2O5SSi. The molecule has 1 aliphatic carbocycles. The summed E-state index contributed by atoms with van der Waals surface area (Å²) in [5.74, 6) is 0.302. The Morgan fingerprint density at radius 3 is 2.09 bits per heavy atom. The maximum absolute atomic E-state index is 12.3. The van der Waals surface area contributed by atoms with Crippen LogP contribution in [-0.4, -0.2) is 34.1 Å². The third-order valence-corrected chi connectivity index (χ3v) is 15.0. The van der Waals surface area contributed by atoms with Gasteiger partial charge in [0.1, 0.15) is 0 Å². The smallest absolute Gasteiger partial charge is 0.234 e. The standard InChI is InChI=1S/C38H48N2O5SSi/c1-27-35(33(45-47(6,7)37(2,3)4)15-11-14-28-12-9-8-10-13-28)36(44-39-27)31-18-16-29(17-19-31)30-20-22-32(23-21-30)38(24-25-38)26-34(41)40-46(5,42)43/h8-10,12-13,16-23,33H,11,14-15,24-26H2,1-7H3,(H,40,41). The van der Waals surface area contributed by atoms with Gasteiger partial charge in [-0.25, -0.2) is 8.42 Å². The van der Waals surface area contributed by atoms with Crippen LogP contribution in [0.25, 0.3) is 22.5 Å². The fourth-order valence-corrected chi connectivity index (χ4v) is 7.78. The van der Waals surface area contributed by atoms with Crippen molar-refractivity contribution >= 4 is 24.2 Å². The molecule has 0 saturated heterocycles. The quantitative estimate of drug-likeness (QED) is 0.143. The van der Waals surface area contributed by atoms with E-state index < -0.39 is 24.2 Å². The molecule has 0 aliphatic heterocycles. The number of amides is 1. The summed E-state index contributed by atoms with van der Waals surface area (Å²) in [6.07, 6.45) is 5.63. The normalized spacial score (nSPS) is 15.3. The molecule has 5 rings (SSSR count). The first-order chi connectivity index (χ1) is 22.1. The second-order valence-corrected chi connectivity index (χ2v) is 21.2. The Bertz CT molecular complexity index is 1790. The van der Waals surface area contributed by atoms with Gasteiger partial charge in [-0.1, -0.05) is 105 Å². The van der Waals surface area contributed by atoms with Crippen molar-refractivity contribution in [2.24, 2.45) is 0 Å². The van der Waals surface area contributed by atoms with Gasteiger partial charge in [0.2, 0.25) is 15.9 Å². The van der Waals surface area contributed by atoms with Gasteiger partial charge in [0.05, 0.1) is 23.6 Å². The summed E-state index contributed by atoms with van der Waals surface area (Å²) in [7, 11) is -5.67. The summed E-state index contributed by atoms with van der Waals surface area (Å²) >= 11 is 0. The van der Waals surface area contributed by atoms with E-state index in [0.29, 0.717) is 0 Å². The molecule has 7 nitrogen and oxygen atoms in total. The lowest BCUT2D eigenvalue weighted by Gasteiger charge is -2.39. The Kier molecular flexibility index (Phi) is 10.0. The molecule has 1 aliphatic rings. The maximum atomic E-state index is 12.3. The molecular weight excluding hydrogens is 625 g/mol. The number of hydrogen-bond donors (Lipinski definition) is 1. The van der Waals surface area contributed by atoms with Gasteiger partial charge >= 0.3 is 0 Å². The largest absolute Gasteiger partial charge is 0.410 e. The summed E-state index contributed by atoms with van der Waals surface area (Å²) in [4.78, 5) is 12.3. The fourth-order valence-electron chi connectivity index (χ4n) is 5.99. The van der Waals surface area contributed by atoms with Crippen LogP contribution in [-0.2, 0) is 31.1 Å². The van der Waals surface area contributed by atoms with E-state index in [1.54, 1.807) is 0 Å². The summed E-state index contributed by atoms with van der Waals surface area (Å²) in [6, 6.07) is 27.2. The predicted octanol–water partition coefficient (Wildman–Crippen LogP) is 8.90. The van der Waals surface area contributed by atoms with E-state index in [9.17, 15) is 13.2 Å². The van der Waals surface area contributed by atoms with E-state index >= 15 is 0 Å². The van der Waals surface area contributed by atoms with E-state index in [4.69, 9.17) is 8.95 Å². The van der Waals surface area contributed by atoms with Crippen LogP contribution in [0.1, 0.15) is 81.4 Å². The summed E-state index contributed by atoms with van der Waals surface area (Å²) in [5.41, 5.74) is 7.08. The van der Waals surface area contributed by atoms with Gasteiger partial charge in [-0.05, 0) is 79.4 Å². The monoisotopic (exact) mass is 672 g/mol. The summed E-state index contributed by atoms with van der Waals surface area (Å²) in [5, 5.41) is 4.49. The van der Waals surface area contributed by atoms with Gasteiger partial charge in [0.15, 0.2) is 14.1 Å². The van der Waals surface area contributed by atoms with Crippen LogP contribution in [0.3, 0.4) is 0 Å². The van der Waals surface area contributed by atoms with Crippen LogP contribution in [0, 0.1) is 6.92 Å². The molecule has 1 aromatic heterocycles. The number of benzene rings is 3. The number of carbonyl (C=O) groups is 1. The number of nitrogens with zero attached hydrogens (tertiary/aromatic N) is 1. The van der Waals surface area contributed by atoms with Gasteiger partial charge in [-0.3, -0.25) is 9.52 Å². The van der Waals surface area contributed by atoms with Crippen molar-refractivity contribution < 1.29 is 22.2 Å². The number of carbonyl (C=O) groups excluding carboxylic acids is 1. The Morgan fingerprint density at radius 1 is 0.957 bits per heavy atom. The number of sulfonamides is 1. The predicted molar refractivity (Wildman–Crippen MR) is 191 cm³/mol. The second kappa shape index (κ2) is 13.5. The van der Waals surface area contributed by atoms with Gasteiger partial charge in [0.25, 0.3) is 0 Å². The number of aryl methyl sites for hydroxylation is 2. The molecule has 0 spiro atoms. The van der Waals surface area contributed by atoms with Crippen LogP contribution < -0.4 is 4.72 Å². The molecule has 0 radical (unpaired) electrons. The van der Waals surface area contributed by atoms with Crippen molar-refractivity contribution in [3.05, 3.63) is 101 Å². The zero-order valence-corrected chi connectivity index (χ0v) is 30.5.